The highest BCUT2D eigenvalue weighted by atomic mass is 16.2. The largest absolute Gasteiger partial charge is 0.349 e. The number of hydrogen-bond acceptors (Lipinski definition) is 2. The minimum atomic E-state index is 0.0667. The van der Waals surface area contributed by atoms with Gasteiger partial charge in [0.05, 0.1) is 6.04 Å². The van der Waals surface area contributed by atoms with E-state index in [4.69, 9.17) is 0 Å². The summed E-state index contributed by atoms with van der Waals surface area (Å²) in [5, 5.41) is 2.89. The van der Waals surface area contributed by atoms with Crippen LogP contribution in [-0.2, 0) is 4.79 Å². The first-order valence-corrected chi connectivity index (χ1v) is 5.07. The molecule has 0 radical (unpaired) electrons. The third kappa shape index (κ3) is 2.09. The Hall–Kier alpha value is -1.58. The van der Waals surface area contributed by atoms with Crippen LogP contribution in [0.25, 0.3) is 0 Å². The van der Waals surface area contributed by atoms with Crippen molar-refractivity contribution in [2.24, 2.45) is 0 Å². The van der Waals surface area contributed by atoms with E-state index >= 15 is 0 Å². The summed E-state index contributed by atoms with van der Waals surface area (Å²) >= 11 is 0. The molecule has 1 aliphatic heterocycles. The van der Waals surface area contributed by atoms with Crippen LogP contribution in [0.4, 0.5) is 0 Å². The average molecular weight is 201 g/mol. The third-order valence-electron chi connectivity index (χ3n) is 2.71. The van der Waals surface area contributed by atoms with Crippen LogP contribution in [0, 0.1) is 0 Å². The van der Waals surface area contributed by atoms with Crippen molar-refractivity contribution >= 4 is 19.4 Å². The van der Waals surface area contributed by atoms with Crippen molar-refractivity contribution < 1.29 is 9.59 Å². The Balaban J connectivity index is 2.17. The van der Waals surface area contributed by atoms with Crippen molar-refractivity contribution in [1.82, 2.24) is 5.32 Å². The number of nitrogens with one attached hydrogen (secondary N) is 1. The molecule has 1 aromatic rings. The van der Waals surface area contributed by atoms with Gasteiger partial charge in [-0.25, -0.2) is 0 Å². The molecule has 1 aromatic carbocycles. The summed E-state index contributed by atoms with van der Waals surface area (Å²) < 4.78 is 0. The van der Waals surface area contributed by atoms with Gasteiger partial charge in [-0.1, -0.05) is 24.3 Å². The highest BCUT2D eigenvalue weighted by Crippen LogP contribution is 2.23. The molecule has 1 saturated heterocycles. The van der Waals surface area contributed by atoms with Gasteiger partial charge in [-0.3, -0.25) is 4.79 Å². The molecule has 1 aliphatic rings. The molecule has 1 N–H and O–H groups in total. The highest BCUT2D eigenvalue weighted by molar-refractivity contribution is 6.62. The summed E-state index contributed by atoms with van der Waals surface area (Å²) in [4.78, 5) is 22.1. The molecular formula is C11H12BNO2. The van der Waals surface area contributed by atoms with E-state index in [9.17, 15) is 9.59 Å². The van der Waals surface area contributed by atoms with Crippen molar-refractivity contribution in [2.45, 2.75) is 18.9 Å². The quantitative estimate of drug-likeness (QED) is 0.704. The van der Waals surface area contributed by atoms with Crippen molar-refractivity contribution in [3.63, 3.8) is 0 Å². The maximum absolute atomic E-state index is 11.1. The second-order valence-electron chi connectivity index (χ2n) is 3.84. The first-order chi connectivity index (χ1) is 7.16. The van der Waals surface area contributed by atoms with Gasteiger partial charge in [0, 0.05) is 12.0 Å². The van der Waals surface area contributed by atoms with Crippen LogP contribution in [0.1, 0.15) is 34.8 Å². The third-order valence-corrected chi connectivity index (χ3v) is 2.71. The zero-order valence-corrected chi connectivity index (χ0v) is 8.62. The monoisotopic (exact) mass is 201 g/mol. The Morgan fingerprint density at radius 2 is 2.00 bits per heavy atom. The number of amides is 1. The van der Waals surface area contributed by atoms with Crippen LogP contribution in [0.15, 0.2) is 24.3 Å². The molecule has 0 spiro atoms. The molecule has 3 nitrogen and oxygen atoms in total. The van der Waals surface area contributed by atoms with Gasteiger partial charge in [0.15, 0.2) is 7.85 Å². The molecular weight excluding hydrogens is 189 g/mol. The predicted molar refractivity (Wildman–Crippen MR) is 59.4 cm³/mol. The Morgan fingerprint density at radius 1 is 1.33 bits per heavy atom. The molecule has 0 aliphatic carbocycles. The fraction of sp³-hybridized carbons (Fsp3) is 0.273. The van der Waals surface area contributed by atoms with Gasteiger partial charge >= 0.3 is 0 Å². The topological polar surface area (TPSA) is 46.2 Å². The van der Waals surface area contributed by atoms with Gasteiger partial charge in [0.1, 0.15) is 5.68 Å². The Kier molecular flexibility index (Phi) is 2.58. The van der Waals surface area contributed by atoms with Gasteiger partial charge in [-0.15, -0.1) is 0 Å². The highest BCUT2D eigenvalue weighted by Gasteiger charge is 2.21. The smallest absolute Gasteiger partial charge is 0.220 e. The van der Waals surface area contributed by atoms with Crippen molar-refractivity contribution in [3.05, 3.63) is 35.4 Å². The Morgan fingerprint density at radius 3 is 2.47 bits per heavy atom. The molecule has 1 unspecified atom stereocenters. The lowest BCUT2D eigenvalue weighted by molar-refractivity contribution is -0.119. The lowest BCUT2D eigenvalue weighted by Crippen LogP contribution is -2.18. The van der Waals surface area contributed by atoms with E-state index < -0.39 is 0 Å². The molecule has 0 aromatic heterocycles. The average Bonchev–Trinajstić information content (AvgIpc) is 2.65. The minimum absolute atomic E-state index is 0.0667. The van der Waals surface area contributed by atoms with Gasteiger partial charge in [0.25, 0.3) is 0 Å². The van der Waals surface area contributed by atoms with E-state index in [1.165, 1.54) is 0 Å². The SMILES string of the molecule is BC(=O)c1ccc(C2CCC(=O)N2)cc1. The standard InChI is InChI=1S/C11H12BNO2/c12-11(15)8-3-1-7(2-4-8)9-5-6-10(14)13-9/h1-4,9H,5-6,12H2,(H,13,14). The number of carbonyl (C=O) groups is 2. The van der Waals surface area contributed by atoms with Crippen LogP contribution in [-0.4, -0.2) is 19.4 Å². The van der Waals surface area contributed by atoms with E-state index in [0.717, 1.165) is 12.0 Å². The first-order valence-electron chi connectivity index (χ1n) is 5.07. The minimum Gasteiger partial charge on any atom is -0.349 e. The molecule has 2 rings (SSSR count). The maximum atomic E-state index is 11.1. The summed E-state index contributed by atoms with van der Waals surface area (Å²) in [5.74, 6) is 0.107. The molecule has 4 heteroatoms. The van der Waals surface area contributed by atoms with E-state index in [0.29, 0.717) is 12.0 Å². The second kappa shape index (κ2) is 3.89. The van der Waals surface area contributed by atoms with E-state index in [1.54, 1.807) is 7.85 Å². The summed E-state index contributed by atoms with van der Waals surface area (Å²) in [6, 6.07) is 7.56. The number of carbonyl (C=O) groups excluding carboxylic acids is 2. The van der Waals surface area contributed by atoms with Crippen molar-refractivity contribution in [1.29, 1.82) is 0 Å². The molecule has 0 bridgehead atoms. The van der Waals surface area contributed by atoms with Crippen LogP contribution in [0.2, 0.25) is 0 Å². The molecule has 0 saturated carbocycles. The van der Waals surface area contributed by atoms with E-state index in [-0.39, 0.29) is 17.6 Å². The Bertz CT molecular complexity index is 400. The summed E-state index contributed by atoms with van der Waals surface area (Å²) in [6.45, 7) is 0. The number of hydrogen-bond donors (Lipinski definition) is 1. The van der Waals surface area contributed by atoms with Crippen LogP contribution >= 0.6 is 0 Å². The van der Waals surface area contributed by atoms with Crippen LogP contribution in [0.3, 0.4) is 0 Å². The molecule has 1 amide bonds. The van der Waals surface area contributed by atoms with E-state index in [1.807, 2.05) is 24.3 Å². The fourth-order valence-electron chi connectivity index (χ4n) is 1.81. The normalized spacial score (nSPS) is 20.0. The number of benzene rings is 1. The maximum Gasteiger partial charge on any atom is 0.220 e. The first kappa shape index (κ1) is 9.96. The van der Waals surface area contributed by atoms with Gasteiger partial charge < -0.3 is 10.1 Å². The van der Waals surface area contributed by atoms with Crippen molar-refractivity contribution in [2.75, 3.05) is 0 Å². The fourth-order valence-corrected chi connectivity index (χ4v) is 1.81. The molecule has 1 fully saturated rings. The lowest BCUT2D eigenvalue weighted by atomic mass is 9.93. The summed E-state index contributed by atoms with van der Waals surface area (Å²) in [6.07, 6.45) is 1.44. The van der Waals surface area contributed by atoms with Crippen molar-refractivity contribution in [3.8, 4) is 0 Å². The summed E-state index contributed by atoms with van der Waals surface area (Å²) in [7, 11) is 1.55. The van der Waals surface area contributed by atoms with Gasteiger partial charge in [-0.05, 0) is 12.0 Å². The molecule has 1 atom stereocenters. The predicted octanol–water partition coefficient (Wildman–Crippen LogP) is 0.411. The molecule has 1 heterocycles. The van der Waals surface area contributed by atoms with Gasteiger partial charge in [0.2, 0.25) is 5.91 Å². The second-order valence-corrected chi connectivity index (χ2v) is 3.84. The number of rotatable bonds is 2. The van der Waals surface area contributed by atoms with Crippen LogP contribution < -0.4 is 5.32 Å². The lowest BCUT2D eigenvalue weighted by Gasteiger charge is -2.10. The van der Waals surface area contributed by atoms with Crippen LogP contribution in [0.5, 0.6) is 0 Å². The van der Waals surface area contributed by atoms with Gasteiger partial charge in [-0.2, -0.15) is 0 Å². The zero-order valence-electron chi connectivity index (χ0n) is 8.62. The van der Waals surface area contributed by atoms with E-state index in [2.05, 4.69) is 5.32 Å². The molecule has 76 valence electrons. The zero-order chi connectivity index (χ0) is 10.8. The molecule has 15 heavy (non-hydrogen) atoms. The Labute approximate surface area is 89.3 Å². The summed E-state index contributed by atoms with van der Waals surface area (Å²) in [5.41, 5.74) is 1.85.